The number of nitrogens with one attached hydrogen (secondary N) is 1. The molecule has 0 atom stereocenters. The first-order valence-corrected chi connectivity index (χ1v) is 11.8. The molecule has 4 rings (SSSR count). The third kappa shape index (κ3) is 6.60. The highest BCUT2D eigenvalue weighted by Crippen LogP contribution is 2.37. The summed E-state index contributed by atoms with van der Waals surface area (Å²) in [4.78, 5) is 8.88. The Hall–Kier alpha value is -3.40. The minimum absolute atomic E-state index is 0.382. The predicted molar refractivity (Wildman–Crippen MR) is 138 cm³/mol. The number of methoxy groups -OCH3 is 2. The first-order chi connectivity index (χ1) is 17.2. The van der Waals surface area contributed by atoms with Crippen LogP contribution in [0, 0.1) is 0 Å². The van der Waals surface area contributed by atoms with Crippen molar-refractivity contribution in [1.29, 1.82) is 0 Å². The summed E-state index contributed by atoms with van der Waals surface area (Å²) in [5.41, 5.74) is 1.54. The number of benzene rings is 3. The minimum Gasteiger partial charge on any atom is -0.487 e. The van der Waals surface area contributed by atoms with E-state index in [1.54, 1.807) is 14.2 Å². The number of aromatic nitrogens is 2. The Kier molecular flexibility index (Phi) is 8.72. The Morgan fingerprint density at radius 3 is 2.17 bits per heavy atom. The van der Waals surface area contributed by atoms with Gasteiger partial charge in [0.2, 0.25) is 0 Å². The fourth-order valence-corrected chi connectivity index (χ4v) is 3.73. The molecule has 35 heavy (non-hydrogen) atoms. The molecular weight excluding hydrogens is 514 g/mol. The quantitative estimate of drug-likeness (QED) is 0.220. The first kappa shape index (κ1) is 24.7. The van der Waals surface area contributed by atoms with Gasteiger partial charge in [0.15, 0.2) is 11.5 Å². The Bertz CT molecular complexity index is 1260. The molecule has 4 aromatic rings. The normalized spacial score (nSPS) is 10.8. The zero-order valence-electron chi connectivity index (χ0n) is 19.5. The van der Waals surface area contributed by atoms with Gasteiger partial charge in [0, 0.05) is 30.1 Å². The number of anilines is 2. The standard InChI is InChI=1S/C26H26BrN3O5/c1-31-10-12-33-24-15-20-23(16-25(24)34-13-11-32-2)28-17-29-26(20)30-22-9-8-19(14-21(22)27)35-18-6-4-3-5-7-18/h3-9,14-17H,10-13H2,1-2H3,(H,28,29,30). The fourth-order valence-electron chi connectivity index (χ4n) is 3.27. The van der Waals surface area contributed by atoms with Crippen LogP contribution in [0.5, 0.6) is 23.0 Å². The van der Waals surface area contributed by atoms with E-state index in [2.05, 4.69) is 31.2 Å². The molecule has 0 bridgehead atoms. The van der Waals surface area contributed by atoms with Crippen LogP contribution in [0.15, 0.2) is 71.5 Å². The third-order valence-corrected chi connectivity index (χ3v) is 5.62. The molecule has 1 N–H and O–H groups in total. The lowest BCUT2D eigenvalue weighted by Crippen LogP contribution is -2.09. The molecule has 0 aliphatic rings. The van der Waals surface area contributed by atoms with E-state index in [1.807, 2.05) is 60.7 Å². The van der Waals surface area contributed by atoms with Crippen molar-refractivity contribution in [3.05, 3.63) is 71.5 Å². The van der Waals surface area contributed by atoms with Gasteiger partial charge in [-0.1, -0.05) is 18.2 Å². The SMILES string of the molecule is COCCOc1cc2ncnc(Nc3ccc(Oc4ccccc4)cc3Br)c2cc1OCCOC. The molecular formula is C26H26BrN3O5. The second kappa shape index (κ2) is 12.3. The Labute approximate surface area is 212 Å². The lowest BCUT2D eigenvalue weighted by Gasteiger charge is -2.16. The van der Waals surface area contributed by atoms with Gasteiger partial charge in [0.05, 0.1) is 24.4 Å². The number of nitrogens with zero attached hydrogens (tertiary/aromatic N) is 2. The van der Waals surface area contributed by atoms with Crippen molar-refractivity contribution in [1.82, 2.24) is 9.97 Å². The Morgan fingerprint density at radius 1 is 0.771 bits per heavy atom. The maximum Gasteiger partial charge on any atom is 0.163 e. The van der Waals surface area contributed by atoms with Crippen molar-refractivity contribution in [2.24, 2.45) is 0 Å². The average Bonchev–Trinajstić information content (AvgIpc) is 2.87. The summed E-state index contributed by atoms with van der Waals surface area (Å²) in [5.74, 6) is 3.28. The molecule has 8 nitrogen and oxygen atoms in total. The van der Waals surface area contributed by atoms with Gasteiger partial charge in [-0.3, -0.25) is 0 Å². The predicted octanol–water partition coefficient (Wildman–Crippen LogP) is 5.98. The van der Waals surface area contributed by atoms with Gasteiger partial charge in [-0.05, 0) is 52.3 Å². The number of fused-ring (bicyclic) bond motifs is 1. The van der Waals surface area contributed by atoms with Crippen LogP contribution in [0.25, 0.3) is 10.9 Å². The van der Waals surface area contributed by atoms with E-state index in [-0.39, 0.29) is 0 Å². The molecule has 0 saturated heterocycles. The molecule has 3 aromatic carbocycles. The van der Waals surface area contributed by atoms with Crippen molar-refractivity contribution in [3.63, 3.8) is 0 Å². The van der Waals surface area contributed by atoms with Gasteiger partial charge >= 0.3 is 0 Å². The zero-order chi connectivity index (χ0) is 24.5. The minimum atomic E-state index is 0.382. The molecule has 0 radical (unpaired) electrons. The highest BCUT2D eigenvalue weighted by atomic mass is 79.9. The highest BCUT2D eigenvalue weighted by molar-refractivity contribution is 9.10. The lowest BCUT2D eigenvalue weighted by molar-refractivity contribution is 0.132. The summed E-state index contributed by atoms with van der Waals surface area (Å²) >= 11 is 3.63. The number of ether oxygens (including phenoxy) is 5. The molecule has 0 spiro atoms. The second-order valence-corrected chi connectivity index (χ2v) is 8.26. The lowest BCUT2D eigenvalue weighted by atomic mass is 10.2. The smallest absolute Gasteiger partial charge is 0.163 e. The van der Waals surface area contributed by atoms with Crippen molar-refractivity contribution in [2.45, 2.75) is 0 Å². The van der Waals surface area contributed by atoms with Crippen LogP contribution in [-0.2, 0) is 9.47 Å². The molecule has 0 aliphatic carbocycles. The third-order valence-electron chi connectivity index (χ3n) is 4.96. The van der Waals surface area contributed by atoms with E-state index in [0.717, 1.165) is 21.3 Å². The van der Waals surface area contributed by atoms with Crippen LogP contribution >= 0.6 is 15.9 Å². The average molecular weight is 540 g/mol. The van der Waals surface area contributed by atoms with Crippen LogP contribution in [-0.4, -0.2) is 50.6 Å². The fraction of sp³-hybridized carbons (Fsp3) is 0.231. The molecule has 0 saturated carbocycles. The van der Waals surface area contributed by atoms with Gasteiger partial charge in [-0.25, -0.2) is 9.97 Å². The number of hydrogen-bond acceptors (Lipinski definition) is 8. The molecule has 1 heterocycles. The van der Waals surface area contributed by atoms with Gasteiger partial charge < -0.3 is 29.0 Å². The molecule has 1 aromatic heterocycles. The summed E-state index contributed by atoms with van der Waals surface area (Å²) in [7, 11) is 3.26. The summed E-state index contributed by atoms with van der Waals surface area (Å²) in [6.07, 6.45) is 1.51. The van der Waals surface area contributed by atoms with Crippen LogP contribution < -0.4 is 19.5 Å². The first-order valence-electron chi connectivity index (χ1n) is 11.0. The van der Waals surface area contributed by atoms with Crippen LogP contribution in [0.2, 0.25) is 0 Å². The maximum atomic E-state index is 5.92. The van der Waals surface area contributed by atoms with E-state index in [9.17, 15) is 0 Å². The molecule has 0 aliphatic heterocycles. The summed E-state index contributed by atoms with van der Waals surface area (Å²) in [6, 6.07) is 19.1. The maximum absolute atomic E-state index is 5.92. The number of rotatable bonds is 12. The molecule has 0 amide bonds. The van der Waals surface area contributed by atoms with Crippen LogP contribution in [0.1, 0.15) is 0 Å². The van der Waals surface area contributed by atoms with E-state index in [4.69, 9.17) is 23.7 Å². The highest BCUT2D eigenvalue weighted by Gasteiger charge is 2.14. The zero-order valence-corrected chi connectivity index (χ0v) is 21.1. The largest absolute Gasteiger partial charge is 0.487 e. The van der Waals surface area contributed by atoms with Crippen molar-refractivity contribution in [3.8, 4) is 23.0 Å². The van der Waals surface area contributed by atoms with Gasteiger partial charge in [0.25, 0.3) is 0 Å². The topological polar surface area (TPSA) is 84.0 Å². The summed E-state index contributed by atoms with van der Waals surface area (Å²) in [5, 5.41) is 4.17. The monoisotopic (exact) mass is 539 g/mol. The van der Waals surface area contributed by atoms with Crippen molar-refractivity contribution in [2.75, 3.05) is 46.0 Å². The summed E-state index contributed by atoms with van der Waals surface area (Å²) < 4.78 is 28.7. The van der Waals surface area contributed by atoms with Gasteiger partial charge in [-0.2, -0.15) is 0 Å². The van der Waals surface area contributed by atoms with Crippen LogP contribution in [0.4, 0.5) is 11.5 Å². The number of halogens is 1. The summed E-state index contributed by atoms with van der Waals surface area (Å²) in [6.45, 7) is 1.69. The van der Waals surface area contributed by atoms with E-state index in [0.29, 0.717) is 55.0 Å². The Balaban J connectivity index is 1.60. The van der Waals surface area contributed by atoms with Gasteiger partial charge in [-0.15, -0.1) is 0 Å². The molecule has 0 unspecified atom stereocenters. The molecule has 182 valence electrons. The van der Waals surface area contributed by atoms with Crippen molar-refractivity contribution < 1.29 is 23.7 Å². The van der Waals surface area contributed by atoms with E-state index in [1.165, 1.54) is 6.33 Å². The van der Waals surface area contributed by atoms with Crippen molar-refractivity contribution >= 4 is 38.3 Å². The van der Waals surface area contributed by atoms with Gasteiger partial charge in [0.1, 0.15) is 36.9 Å². The molecule has 0 fully saturated rings. The van der Waals surface area contributed by atoms with E-state index < -0.39 is 0 Å². The number of para-hydroxylation sites is 1. The van der Waals surface area contributed by atoms with Crippen LogP contribution in [0.3, 0.4) is 0 Å². The van der Waals surface area contributed by atoms with E-state index >= 15 is 0 Å². The number of hydrogen-bond donors (Lipinski definition) is 1. The Morgan fingerprint density at radius 2 is 1.49 bits per heavy atom. The molecule has 9 heteroatoms. The second-order valence-electron chi connectivity index (χ2n) is 7.40.